The SMILES string of the molecule is CCCn1c(CNCC2(C)COC2)nc2ccccc21. The molecular weight excluding hydrogens is 250 g/mol. The maximum absolute atomic E-state index is 5.29. The molecule has 1 aliphatic rings. The standard InChI is InChI=1S/C16H23N3O/c1-3-8-19-14-7-5-4-6-13(14)18-15(19)9-17-10-16(2)11-20-12-16/h4-7,17H,3,8-12H2,1-2H3. The summed E-state index contributed by atoms with van der Waals surface area (Å²) >= 11 is 0. The number of para-hydroxylation sites is 2. The summed E-state index contributed by atoms with van der Waals surface area (Å²) in [7, 11) is 0. The molecule has 3 rings (SSSR count). The molecule has 1 aromatic carbocycles. The highest BCUT2D eigenvalue weighted by Gasteiger charge is 2.32. The van der Waals surface area contributed by atoms with Gasteiger partial charge in [-0.3, -0.25) is 0 Å². The molecule has 0 bridgehead atoms. The van der Waals surface area contributed by atoms with Crippen molar-refractivity contribution in [1.82, 2.24) is 14.9 Å². The van der Waals surface area contributed by atoms with Gasteiger partial charge >= 0.3 is 0 Å². The summed E-state index contributed by atoms with van der Waals surface area (Å²) in [5.74, 6) is 1.14. The molecule has 0 saturated carbocycles. The fraction of sp³-hybridized carbons (Fsp3) is 0.562. The van der Waals surface area contributed by atoms with Gasteiger partial charge in [0, 0.05) is 18.5 Å². The number of nitrogens with zero attached hydrogens (tertiary/aromatic N) is 2. The van der Waals surface area contributed by atoms with Gasteiger partial charge in [0.25, 0.3) is 0 Å². The van der Waals surface area contributed by atoms with Gasteiger partial charge in [-0.05, 0) is 18.6 Å². The fourth-order valence-electron chi connectivity index (χ4n) is 2.76. The van der Waals surface area contributed by atoms with E-state index in [1.54, 1.807) is 0 Å². The van der Waals surface area contributed by atoms with Crippen LogP contribution in [0.4, 0.5) is 0 Å². The molecular formula is C16H23N3O. The number of ether oxygens (including phenoxy) is 1. The molecule has 0 aliphatic carbocycles. The zero-order valence-corrected chi connectivity index (χ0v) is 12.4. The third-order valence-corrected chi connectivity index (χ3v) is 3.92. The highest BCUT2D eigenvalue weighted by atomic mass is 16.5. The van der Waals surface area contributed by atoms with Gasteiger partial charge < -0.3 is 14.6 Å². The van der Waals surface area contributed by atoms with Crippen molar-refractivity contribution in [3.8, 4) is 0 Å². The zero-order valence-electron chi connectivity index (χ0n) is 12.4. The molecule has 2 aromatic rings. The van der Waals surface area contributed by atoms with Crippen molar-refractivity contribution in [2.75, 3.05) is 19.8 Å². The Kier molecular flexibility index (Phi) is 3.76. The van der Waals surface area contributed by atoms with Gasteiger partial charge in [0.15, 0.2) is 0 Å². The maximum atomic E-state index is 5.29. The fourth-order valence-corrected chi connectivity index (χ4v) is 2.76. The van der Waals surface area contributed by atoms with Crippen LogP contribution in [0, 0.1) is 5.41 Å². The quantitative estimate of drug-likeness (QED) is 0.879. The summed E-state index contributed by atoms with van der Waals surface area (Å²) in [6, 6.07) is 8.38. The average Bonchev–Trinajstić information content (AvgIpc) is 2.76. The highest BCUT2D eigenvalue weighted by molar-refractivity contribution is 5.75. The third kappa shape index (κ3) is 2.58. The van der Waals surface area contributed by atoms with Crippen molar-refractivity contribution in [2.24, 2.45) is 5.41 Å². The number of hydrogen-bond donors (Lipinski definition) is 1. The Morgan fingerprint density at radius 1 is 1.35 bits per heavy atom. The van der Waals surface area contributed by atoms with E-state index in [1.165, 1.54) is 5.52 Å². The number of hydrogen-bond acceptors (Lipinski definition) is 3. The Morgan fingerprint density at radius 2 is 2.15 bits per heavy atom. The minimum atomic E-state index is 0.307. The predicted octanol–water partition coefficient (Wildman–Crippen LogP) is 2.57. The van der Waals surface area contributed by atoms with Crippen molar-refractivity contribution in [1.29, 1.82) is 0 Å². The number of rotatable bonds is 6. The van der Waals surface area contributed by atoms with Gasteiger partial charge in [-0.1, -0.05) is 26.0 Å². The largest absolute Gasteiger partial charge is 0.380 e. The van der Waals surface area contributed by atoms with Gasteiger partial charge in [-0.2, -0.15) is 0 Å². The van der Waals surface area contributed by atoms with Crippen LogP contribution in [0.1, 0.15) is 26.1 Å². The predicted molar refractivity (Wildman–Crippen MR) is 80.7 cm³/mol. The molecule has 1 aromatic heterocycles. The average molecular weight is 273 g/mol. The topological polar surface area (TPSA) is 39.1 Å². The minimum Gasteiger partial charge on any atom is -0.380 e. The summed E-state index contributed by atoms with van der Waals surface area (Å²) < 4.78 is 7.63. The molecule has 0 atom stereocenters. The molecule has 2 heterocycles. The smallest absolute Gasteiger partial charge is 0.123 e. The van der Waals surface area contributed by atoms with E-state index in [0.717, 1.165) is 50.6 Å². The lowest BCUT2D eigenvalue weighted by Crippen LogP contribution is -2.47. The molecule has 1 aliphatic heterocycles. The molecule has 4 nitrogen and oxygen atoms in total. The van der Waals surface area contributed by atoms with Crippen LogP contribution >= 0.6 is 0 Å². The third-order valence-electron chi connectivity index (χ3n) is 3.92. The van der Waals surface area contributed by atoms with Crippen LogP contribution in [-0.4, -0.2) is 29.3 Å². The van der Waals surface area contributed by atoms with Crippen molar-refractivity contribution < 1.29 is 4.74 Å². The van der Waals surface area contributed by atoms with Gasteiger partial charge in [0.1, 0.15) is 5.82 Å². The molecule has 0 unspecified atom stereocenters. The lowest BCUT2D eigenvalue weighted by molar-refractivity contribution is -0.0992. The van der Waals surface area contributed by atoms with Crippen LogP contribution in [0.25, 0.3) is 11.0 Å². The molecule has 108 valence electrons. The first-order valence-corrected chi connectivity index (χ1v) is 7.44. The van der Waals surface area contributed by atoms with E-state index in [4.69, 9.17) is 9.72 Å². The first-order valence-electron chi connectivity index (χ1n) is 7.44. The van der Waals surface area contributed by atoms with Gasteiger partial charge in [0.05, 0.1) is 30.8 Å². The zero-order chi connectivity index (χ0) is 14.0. The van der Waals surface area contributed by atoms with Crippen molar-refractivity contribution in [3.05, 3.63) is 30.1 Å². The highest BCUT2D eigenvalue weighted by Crippen LogP contribution is 2.25. The molecule has 20 heavy (non-hydrogen) atoms. The van der Waals surface area contributed by atoms with Gasteiger partial charge in [-0.15, -0.1) is 0 Å². The van der Waals surface area contributed by atoms with E-state index in [0.29, 0.717) is 5.41 Å². The summed E-state index contributed by atoms with van der Waals surface area (Å²) in [4.78, 5) is 4.76. The first kappa shape index (κ1) is 13.6. The molecule has 0 radical (unpaired) electrons. The van der Waals surface area contributed by atoms with Gasteiger partial charge in [-0.25, -0.2) is 4.98 Å². The monoisotopic (exact) mass is 273 g/mol. The Labute approximate surface area is 120 Å². The second-order valence-corrected chi connectivity index (χ2v) is 6.08. The Morgan fingerprint density at radius 3 is 2.85 bits per heavy atom. The summed E-state index contributed by atoms with van der Waals surface area (Å²) in [5, 5.41) is 3.54. The number of aryl methyl sites for hydroxylation is 1. The van der Waals surface area contributed by atoms with E-state index >= 15 is 0 Å². The second-order valence-electron chi connectivity index (χ2n) is 6.08. The van der Waals surface area contributed by atoms with Crippen molar-refractivity contribution >= 4 is 11.0 Å². The number of fused-ring (bicyclic) bond motifs is 1. The van der Waals surface area contributed by atoms with Gasteiger partial charge in [0.2, 0.25) is 0 Å². The van der Waals surface area contributed by atoms with E-state index in [2.05, 4.69) is 48.0 Å². The normalized spacial score (nSPS) is 17.3. The lowest BCUT2D eigenvalue weighted by atomic mass is 9.89. The van der Waals surface area contributed by atoms with Crippen molar-refractivity contribution in [2.45, 2.75) is 33.4 Å². The van der Waals surface area contributed by atoms with E-state index < -0.39 is 0 Å². The van der Waals surface area contributed by atoms with Crippen LogP contribution in [0.2, 0.25) is 0 Å². The minimum absolute atomic E-state index is 0.307. The molecule has 1 N–H and O–H groups in total. The number of imidazole rings is 1. The van der Waals surface area contributed by atoms with Crippen LogP contribution in [0.3, 0.4) is 0 Å². The lowest BCUT2D eigenvalue weighted by Gasteiger charge is -2.38. The van der Waals surface area contributed by atoms with E-state index in [9.17, 15) is 0 Å². The molecule has 0 spiro atoms. The summed E-state index contributed by atoms with van der Waals surface area (Å²) in [5.41, 5.74) is 2.64. The van der Waals surface area contributed by atoms with Crippen LogP contribution < -0.4 is 5.32 Å². The van der Waals surface area contributed by atoms with Crippen LogP contribution in [-0.2, 0) is 17.8 Å². The summed E-state index contributed by atoms with van der Waals surface area (Å²) in [6.45, 7) is 9.04. The molecule has 1 fully saturated rings. The number of benzene rings is 1. The van der Waals surface area contributed by atoms with Crippen molar-refractivity contribution in [3.63, 3.8) is 0 Å². The number of nitrogens with one attached hydrogen (secondary N) is 1. The Bertz CT molecular complexity index is 586. The van der Waals surface area contributed by atoms with Crippen LogP contribution in [0.5, 0.6) is 0 Å². The Balaban J connectivity index is 1.74. The molecule has 0 amide bonds. The maximum Gasteiger partial charge on any atom is 0.123 e. The van der Waals surface area contributed by atoms with E-state index in [1.807, 2.05) is 0 Å². The second kappa shape index (κ2) is 5.54. The first-order chi connectivity index (χ1) is 9.72. The summed E-state index contributed by atoms with van der Waals surface area (Å²) in [6.07, 6.45) is 1.12. The molecule has 4 heteroatoms. The van der Waals surface area contributed by atoms with E-state index in [-0.39, 0.29) is 0 Å². The number of aromatic nitrogens is 2. The molecule has 1 saturated heterocycles. The van der Waals surface area contributed by atoms with Crippen LogP contribution in [0.15, 0.2) is 24.3 Å². The Hall–Kier alpha value is -1.39.